The molecule has 1 aliphatic heterocycles. The minimum Gasteiger partial charge on any atom is -0.486 e. The van der Waals surface area contributed by atoms with Crippen molar-refractivity contribution in [3.8, 4) is 11.5 Å². The minimum absolute atomic E-state index is 0.238. The second kappa shape index (κ2) is 6.78. The normalized spacial score (nSPS) is 17.0. The van der Waals surface area contributed by atoms with Crippen LogP contribution in [0.3, 0.4) is 0 Å². The molecular formula is C15H23NO3. The number of benzene rings is 1. The molecule has 0 fully saturated rings. The van der Waals surface area contributed by atoms with Crippen molar-refractivity contribution in [1.29, 1.82) is 0 Å². The smallest absolute Gasteiger partial charge is 0.165 e. The molecule has 1 aromatic carbocycles. The first kappa shape index (κ1) is 14.2. The molecule has 19 heavy (non-hydrogen) atoms. The van der Waals surface area contributed by atoms with Gasteiger partial charge in [0.15, 0.2) is 11.5 Å². The summed E-state index contributed by atoms with van der Waals surface area (Å²) in [6, 6.07) is 5.98. The van der Waals surface area contributed by atoms with Crippen LogP contribution in [0.4, 0.5) is 0 Å². The van der Waals surface area contributed by atoms with E-state index in [2.05, 4.69) is 18.3 Å². The van der Waals surface area contributed by atoms with E-state index in [0.29, 0.717) is 19.1 Å². The maximum absolute atomic E-state index is 9.33. The van der Waals surface area contributed by atoms with Gasteiger partial charge in [-0.15, -0.1) is 0 Å². The molecule has 0 radical (unpaired) electrons. The van der Waals surface area contributed by atoms with E-state index in [-0.39, 0.29) is 6.10 Å². The molecule has 0 bridgehead atoms. The van der Waals surface area contributed by atoms with Crippen molar-refractivity contribution in [2.75, 3.05) is 19.8 Å². The van der Waals surface area contributed by atoms with Gasteiger partial charge in [0, 0.05) is 12.1 Å². The lowest BCUT2D eigenvalue weighted by Crippen LogP contribution is -2.24. The lowest BCUT2D eigenvalue weighted by Gasteiger charge is -2.21. The highest BCUT2D eigenvalue weighted by Crippen LogP contribution is 2.33. The van der Waals surface area contributed by atoms with E-state index in [0.717, 1.165) is 36.6 Å². The molecule has 0 saturated carbocycles. The average Bonchev–Trinajstić information content (AvgIpc) is 2.38. The van der Waals surface area contributed by atoms with Gasteiger partial charge in [-0.1, -0.05) is 19.1 Å². The maximum atomic E-state index is 9.33. The quantitative estimate of drug-likeness (QED) is 0.825. The van der Waals surface area contributed by atoms with Gasteiger partial charge in [0.05, 0.1) is 6.10 Å². The van der Waals surface area contributed by atoms with Gasteiger partial charge in [-0.2, -0.15) is 0 Å². The van der Waals surface area contributed by atoms with Crippen LogP contribution in [0.25, 0.3) is 0 Å². The fourth-order valence-corrected chi connectivity index (χ4v) is 2.39. The Morgan fingerprint density at radius 1 is 1.26 bits per heavy atom. The molecule has 1 aromatic rings. The number of aliphatic hydroxyl groups is 1. The number of rotatable bonds is 6. The zero-order valence-electron chi connectivity index (χ0n) is 11.7. The molecule has 4 nitrogen and oxygen atoms in total. The van der Waals surface area contributed by atoms with Crippen molar-refractivity contribution in [2.45, 2.75) is 32.9 Å². The summed E-state index contributed by atoms with van der Waals surface area (Å²) in [4.78, 5) is 0. The van der Waals surface area contributed by atoms with Crippen LogP contribution in [0, 0.1) is 5.92 Å². The topological polar surface area (TPSA) is 50.7 Å². The largest absolute Gasteiger partial charge is 0.486 e. The van der Waals surface area contributed by atoms with Gasteiger partial charge < -0.3 is 19.9 Å². The molecule has 0 saturated heterocycles. The van der Waals surface area contributed by atoms with Crippen LogP contribution in [-0.2, 0) is 6.54 Å². The number of hydrogen-bond acceptors (Lipinski definition) is 4. The summed E-state index contributed by atoms with van der Waals surface area (Å²) in [6.07, 6.45) is 0.581. The third kappa shape index (κ3) is 4.11. The van der Waals surface area contributed by atoms with E-state index in [1.54, 1.807) is 0 Å². The Morgan fingerprint density at radius 3 is 2.84 bits per heavy atom. The highest BCUT2D eigenvalue weighted by Gasteiger charge is 2.15. The molecule has 1 aliphatic rings. The molecule has 2 rings (SSSR count). The summed E-state index contributed by atoms with van der Waals surface area (Å²) < 4.78 is 11.2. The molecule has 4 heteroatoms. The van der Waals surface area contributed by atoms with Crippen molar-refractivity contribution in [3.05, 3.63) is 23.8 Å². The third-order valence-corrected chi connectivity index (χ3v) is 3.20. The highest BCUT2D eigenvalue weighted by molar-refractivity contribution is 5.47. The lowest BCUT2D eigenvalue weighted by molar-refractivity contribution is 0.162. The Hall–Kier alpha value is -1.26. The van der Waals surface area contributed by atoms with Crippen LogP contribution in [0.5, 0.6) is 11.5 Å². The van der Waals surface area contributed by atoms with Crippen molar-refractivity contribution in [2.24, 2.45) is 5.92 Å². The fourth-order valence-electron chi connectivity index (χ4n) is 2.39. The molecule has 2 unspecified atom stereocenters. The number of hydrogen-bond donors (Lipinski definition) is 2. The van der Waals surface area contributed by atoms with Crippen LogP contribution in [0.1, 0.15) is 25.8 Å². The van der Waals surface area contributed by atoms with Crippen molar-refractivity contribution in [3.63, 3.8) is 0 Å². The molecule has 0 amide bonds. The summed E-state index contributed by atoms with van der Waals surface area (Å²) in [7, 11) is 0. The van der Waals surface area contributed by atoms with Gasteiger partial charge in [0.1, 0.15) is 13.2 Å². The fraction of sp³-hybridized carbons (Fsp3) is 0.600. The summed E-state index contributed by atoms with van der Waals surface area (Å²) in [5, 5.41) is 12.7. The van der Waals surface area contributed by atoms with Gasteiger partial charge in [0.2, 0.25) is 0 Å². The first-order chi connectivity index (χ1) is 9.16. The maximum Gasteiger partial charge on any atom is 0.165 e. The molecule has 106 valence electrons. The van der Waals surface area contributed by atoms with E-state index in [1.807, 2.05) is 19.1 Å². The zero-order valence-corrected chi connectivity index (χ0v) is 11.7. The predicted molar refractivity (Wildman–Crippen MR) is 74.6 cm³/mol. The Kier molecular flexibility index (Phi) is 5.05. The number of nitrogens with one attached hydrogen (secondary N) is 1. The Labute approximate surface area is 114 Å². The highest BCUT2D eigenvalue weighted by atomic mass is 16.6. The zero-order chi connectivity index (χ0) is 13.7. The molecule has 2 atom stereocenters. The average molecular weight is 265 g/mol. The number of para-hydroxylation sites is 1. The number of fused-ring (bicyclic) bond motifs is 1. The monoisotopic (exact) mass is 265 g/mol. The van der Waals surface area contributed by atoms with Crippen LogP contribution in [0.15, 0.2) is 18.2 Å². The molecule has 1 heterocycles. The van der Waals surface area contributed by atoms with Gasteiger partial charge in [0.25, 0.3) is 0 Å². The van der Waals surface area contributed by atoms with Crippen molar-refractivity contribution >= 4 is 0 Å². The van der Waals surface area contributed by atoms with E-state index >= 15 is 0 Å². The molecule has 0 spiro atoms. The minimum atomic E-state index is -0.238. The van der Waals surface area contributed by atoms with E-state index in [9.17, 15) is 5.11 Å². The molecular weight excluding hydrogens is 242 g/mol. The standard InChI is InChI=1S/C15H23NO3/c1-11(8-12(2)17)9-16-10-13-4-3-5-14-15(13)19-7-6-18-14/h3-5,11-12,16-17H,6-10H2,1-2H3. The van der Waals surface area contributed by atoms with Gasteiger partial charge >= 0.3 is 0 Å². The molecule has 0 aliphatic carbocycles. The summed E-state index contributed by atoms with van der Waals surface area (Å²) in [5.41, 5.74) is 1.13. The van der Waals surface area contributed by atoms with Crippen molar-refractivity contribution < 1.29 is 14.6 Å². The molecule has 0 aromatic heterocycles. The van der Waals surface area contributed by atoms with E-state index < -0.39 is 0 Å². The predicted octanol–water partition coefficient (Wildman–Crippen LogP) is 1.95. The van der Waals surface area contributed by atoms with Crippen LogP contribution in [-0.4, -0.2) is 31.0 Å². The first-order valence-corrected chi connectivity index (χ1v) is 6.93. The second-order valence-corrected chi connectivity index (χ2v) is 5.26. The third-order valence-electron chi connectivity index (χ3n) is 3.20. The summed E-state index contributed by atoms with van der Waals surface area (Å²) in [6.45, 7) is 6.85. The number of ether oxygens (including phenoxy) is 2. The van der Waals surface area contributed by atoms with Crippen LogP contribution in [0.2, 0.25) is 0 Å². The summed E-state index contributed by atoms with van der Waals surface area (Å²) >= 11 is 0. The van der Waals surface area contributed by atoms with Gasteiger partial charge in [-0.3, -0.25) is 0 Å². The number of aliphatic hydroxyl groups excluding tert-OH is 1. The Morgan fingerprint density at radius 2 is 2.05 bits per heavy atom. The Bertz CT molecular complexity index is 406. The molecule has 2 N–H and O–H groups in total. The summed E-state index contributed by atoms with van der Waals surface area (Å²) in [5.74, 6) is 2.16. The lowest BCUT2D eigenvalue weighted by atomic mass is 10.0. The van der Waals surface area contributed by atoms with E-state index in [1.165, 1.54) is 0 Å². The van der Waals surface area contributed by atoms with Crippen molar-refractivity contribution in [1.82, 2.24) is 5.32 Å². The second-order valence-electron chi connectivity index (χ2n) is 5.26. The SMILES string of the molecule is CC(O)CC(C)CNCc1cccc2c1OCCO2. The Balaban J connectivity index is 1.86. The van der Waals surface area contributed by atoms with Crippen LogP contribution >= 0.6 is 0 Å². The van der Waals surface area contributed by atoms with Gasteiger partial charge in [-0.25, -0.2) is 0 Å². The van der Waals surface area contributed by atoms with E-state index in [4.69, 9.17) is 9.47 Å². The van der Waals surface area contributed by atoms with Gasteiger partial charge in [-0.05, 0) is 31.9 Å². The first-order valence-electron chi connectivity index (χ1n) is 6.93. The van der Waals surface area contributed by atoms with Crippen LogP contribution < -0.4 is 14.8 Å².